The Hall–Kier alpha value is -1.08. The minimum absolute atomic E-state index is 0. The van der Waals surface area contributed by atoms with Crippen molar-refractivity contribution in [2.75, 3.05) is 26.2 Å². The molecule has 2 aromatic heterocycles. The lowest BCUT2D eigenvalue weighted by molar-refractivity contribution is 0.0760. The molecular weight excluding hydrogens is 345 g/mol. The summed E-state index contributed by atoms with van der Waals surface area (Å²) in [5.74, 6) is 0.745. The molecule has 2 aromatic rings. The Morgan fingerprint density at radius 1 is 1.36 bits per heavy atom. The first-order valence-electron chi connectivity index (χ1n) is 6.77. The van der Waals surface area contributed by atoms with Crippen LogP contribution in [0.2, 0.25) is 0 Å². The summed E-state index contributed by atoms with van der Waals surface area (Å²) < 4.78 is 5.35. The number of halogens is 2. The largest absolute Gasteiger partial charge is 0.462 e. The highest BCUT2D eigenvalue weighted by Crippen LogP contribution is 2.28. The third kappa shape index (κ3) is 4.01. The van der Waals surface area contributed by atoms with E-state index in [1.807, 2.05) is 24.0 Å². The highest BCUT2D eigenvalue weighted by atomic mass is 35.5. The average Bonchev–Trinajstić information content (AvgIpc) is 3.01. The Labute approximate surface area is 145 Å². The monoisotopic (exact) mass is 363 g/mol. The van der Waals surface area contributed by atoms with Crippen LogP contribution in [0.25, 0.3) is 10.8 Å². The Balaban J connectivity index is 0.00000121. The molecule has 0 aromatic carbocycles. The summed E-state index contributed by atoms with van der Waals surface area (Å²) in [6.45, 7) is 5.29. The summed E-state index contributed by atoms with van der Waals surface area (Å²) >= 11 is 1.50. The molecule has 0 bridgehead atoms. The normalized spacial score (nSPS) is 14.7. The fraction of sp³-hybridized carbons (Fsp3) is 0.429. The van der Waals surface area contributed by atoms with Crippen LogP contribution in [-0.2, 0) is 0 Å². The van der Waals surface area contributed by atoms with Crippen LogP contribution in [0, 0.1) is 6.92 Å². The third-order valence-electron chi connectivity index (χ3n) is 3.36. The SMILES string of the molecule is Cc1sc(-c2ccco2)nc1C(=O)N1CCCNCC1.Cl.Cl. The fourth-order valence-electron chi connectivity index (χ4n) is 2.30. The summed E-state index contributed by atoms with van der Waals surface area (Å²) in [7, 11) is 0. The van der Waals surface area contributed by atoms with Crippen molar-refractivity contribution in [3.05, 3.63) is 29.0 Å². The molecule has 8 heteroatoms. The van der Waals surface area contributed by atoms with Gasteiger partial charge < -0.3 is 14.6 Å². The molecule has 0 unspecified atom stereocenters. The van der Waals surface area contributed by atoms with Gasteiger partial charge in [0.25, 0.3) is 5.91 Å². The number of nitrogens with one attached hydrogen (secondary N) is 1. The molecule has 0 radical (unpaired) electrons. The molecule has 0 atom stereocenters. The van der Waals surface area contributed by atoms with E-state index in [0.29, 0.717) is 5.69 Å². The van der Waals surface area contributed by atoms with Crippen molar-refractivity contribution in [1.29, 1.82) is 0 Å². The van der Waals surface area contributed by atoms with Crippen LogP contribution in [0.15, 0.2) is 22.8 Å². The molecule has 3 rings (SSSR count). The molecule has 5 nitrogen and oxygen atoms in total. The van der Waals surface area contributed by atoms with Crippen molar-refractivity contribution in [3.63, 3.8) is 0 Å². The van der Waals surface area contributed by atoms with Crippen molar-refractivity contribution < 1.29 is 9.21 Å². The van der Waals surface area contributed by atoms with Crippen LogP contribution >= 0.6 is 36.2 Å². The number of rotatable bonds is 2. The first kappa shape index (κ1) is 19.0. The van der Waals surface area contributed by atoms with Gasteiger partial charge in [0, 0.05) is 24.5 Å². The van der Waals surface area contributed by atoms with Gasteiger partial charge in [-0.15, -0.1) is 36.2 Å². The van der Waals surface area contributed by atoms with Crippen molar-refractivity contribution in [1.82, 2.24) is 15.2 Å². The smallest absolute Gasteiger partial charge is 0.273 e. The zero-order chi connectivity index (χ0) is 13.9. The lowest BCUT2D eigenvalue weighted by atomic mass is 10.3. The minimum atomic E-state index is 0. The zero-order valence-corrected chi connectivity index (χ0v) is 14.7. The first-order valence-corrected chi connectivity index (χ1v) is 7.58. The molecule has 3 heterocycles. The maximum Gasteiger partial charge on any atom is 0.273 e. The standard InChI is InChI=1S/C14H17N3O2S.2ClH/c1-10-12(14(18)17-7-3-5-15-6-8-17)16-13(20-10)11-4-2-9-19-11;;/h2,4,9,15H,3,5-8H2,1H3;2*1H. The van der Waals surface area contributed by atoms with Crippen LogP contribution in [0.5, 0.6) is 0 Å². The second kappa shape index (κ2) is 8.53. The lowest BCUT2D eigenvalue weighted by Gasteiger charge is -2.18. The van der Waals surface area contributed by atoms with Gasteiger partial charge >= 0.3 is 0 Å². The van der Waals surface area contributed by atoms with E-state index in [-0.39, 0.29) is 30.7 Å². The van der Waals surface area contributed by atoms with Gasteiger partial charge in [-0.2, -0.15) is 0 Å². The molecule has 22 heavy (non-hydrogen) atoms. The molecule has 0 saturated carbocycles. The van der Waals surface area contributed by atoms with Crippen LogP contribution in [0.3, 0.4) is 0 Å². The number of carbonyl (C=O) groups is 1. The number of aryl methyl sites for hydroxylation is 1. The number of amides is 1. The van der Waals surface area contributed by atoms with E-state index >= 15 is 0 Å². The molecule has 122 valence electrons. The average molecular weight is 364 g/mol. The van der Waals surface area contributed by atoms with Crippen LogP contribution in [-0.4, -0.2) is 42.0 Å². The number of nitrogens with zero attached hydrogens (tertiary/aromatic N) is 2. The maximum absolute atomic E-state index is 12.6. The molecule has 1 amide bonds. The summed E-state index contributed by atoms with van der Waals surface area (Å²) in [5.41, 5.74) is 0.559. The van der Waals surface area contributed by atoms with Gasteiger partial charge in [0.1, 0.15) is 5.69 Å². The van der Waals surface area contributed by atoms with E-state index in [1.54, 1.807) is 6.26 Å². The van der Waals surface area contributed by atoms with Crippen molar-refractivity contribution in [2.45, 2.75) is 13.3 Å². The minimum Gasteiger partial charge on any atom is -0.462 e. The van der Waals surface area contributed by atoms with Crippen LogP contribution < -0.4 is 5.32 Å². The molecule has 0 aliphatic carbocycles. The molecule has 1 aliphatic rings. The summed E-state index contributed by atoms with van der Waals surface area (Å²) in [6, 6.07) is 3.69. The number of carbonyl (C=O) groups excluding carboxylic acids is 1. The second-order valence-corrected chi connectivity index (χ2v) is 6.00. The van der Waals surface area contributed by atoms with Crippen molar-refractivity contribution >= 4 is 42.1 Å². The Morgan fingerprint density at radius 3 is 2.91 bits per heavy atom. The first-order chi connectivity index (χ1) is 9.75. The summed E-state index contributed by atoms with van der Waals surface area (Å²) in [5, 5.41) is 4.07. The summed E-state index contributed by atoms with van der Waals surface area (Å²) in [4.78, 5) is 19.9. The van der Waals surface area contributed by atoms with Gasteiger partial charge in [-0.05, 0) is 32.0 Å². The Bertz CT molecular complexity index is 593. The van der Waals surface area contributed by atoms with Gasteiger partial charge in [-0.1, -0.05) is 0 Å². The Morgan fingerprint density at radius 2 is 2.18 bits per heavy atom. The van der Waals surface area contributed by atoms with E-state index in [2.05, 4.69) is 10.3 Å². The van der Waals surface area contributed by atoms with E-state index in [0.717, 1.165) is 48.2 Å². The summed E-state index contributed by atoms with van der Waals surface area (Å²) in [6.07, 6.45) is 2.61. The highest BCUT2D eigenvalue weighted by molar-refractivity contribution is 7.15. The van der Waals surface area contributed by atoms with Crippen molar-refractivity contribution in [2.24, 2.45) is 0 Å². The zero-order valence-electron chi connectivity index (χ0n) is 12.2. The van der Waals surface area contributed by atoms with Crippen molar-refractivity contribution in [3.8, 4) is 10.8 Å². The number of thiazole rings is 1. The quantitative estimate of drug-likeness (QED) is 0.890. The van der Waals surface area contributed by atoms with Gasteiger partial charge in [-0.3, -0.25) is 4.79 Å². The fourth-order valence-corrected chi connectivity index (χ4v) is 3.17. The molecule has 1 saturated heterocycles. The van der Waals surface area contributed by atoms with Gasteiger partial charge in [0.05, 0.1) is 6.26 Å². The molecular formula is C14H19Cl2N3O2S. The second-order valence-electron chi connectivity index (χ2n) is 4.80. The van der Waals surface area contributed by atoms with Gasteiger partial charge in [-0.25, -0.2) is 4.98 Å². The molecule has 1 aliphatic heterocycles. The van der Waals surface area contributed by atoms with E-state index < -0.39 is 0 Å². The predicted molar refractivity (Wildman–Crippen MR) is 92.4 cm³/mol. The number of hydrogen-bond donors (Lipinski definition) is 1. The van der Waals surface area contributed by atoms with Gasteiger partial charge in [0.2, 0.25) is 0 Å². The predicted octanol–water partition coefficient (Wildman–Crippen LogP) is 2.99. The molecule has 0 spiro atoms. The van der Waals surface area contributed by atoms with E-state index in [4.69, 9.17) is 4.42 Å². The van der Waals surface area contributed by atoms with Crippen LogP contribution in [0.1, 0.15) is 21.8 Å². The number of furan rings is 1. The Kier molecular flexibility index (Phi) is 7.35. The molecule has 1 N–H and O–H groups in total. The van der Waals surface area contributed by atoms with Crippen LogP contribution in [0.4, 0.5) is 0 Å². The highest BCUT2D eigenvalue weighted by Gasteiger charge is 2.23. The van der Waals surface area contributed by atoms with Gasteiger partial charge in [0.15, 0.2) is 10.8 Å². The maximum atomic E-state index is 12.6. The number of aromatic nitrogens is 1. The number of hydrogen-bond acceptors (Lipinski definition) is 5. The molecule has 1 fully saturated rings. The third-order valence-corrected chi connectivity index (χ3v) is 4.34. The van der Waals surface area contributed by atoms with E-state index in [1.165, 1.54) is 11.3 Å². The lowest BCUT2D eigenvalue weighted by Crippen LogP contribution is -2.34. The topological polar surface area (TPSA) is 58.4 Å². The van der Waals surface area contributed by atoms with E-state index in [9.17, 15) is 4.79 Å².